The average Bonchev–Trinajstić information content (AvgIpc) is 2.98. The molecule has 3 heteroatoms. The monoisotopic (exact) mass is 248 g/mol. The number of carbonyl (C=O) groups is 1. The van der Waals surface area contributed by atoms with Crippen molar-refractivity contribution in [1.29, 1.82) is 0 Å². The molecule has 1 aromatic heterocycles. The second-order valence-electron chi connectivity index (χ2n) is 4.20. The number of hydrogen-bond donors (Lipinski definition) is 0. The number of rotatable bonds is 3. The largest absolute Gasteiger partial charge is 0.300 e. The third-order valence-electron chi connectivity index (χ3n) is 2.98. The summed E-state index contributed by atoms with van der Waals surface area (Å²) in [7, 11) is 0. The van der Waals surface area contributed by atoms with Gasteiger partial charge in [-0.15, -0.1) is 0 Å². The van der Waals surface area contributed by atoms with Gasteiger partial charge in [-0.25, -0.2) is 4.98 Å². The molecular weight excluding hydrogens is 236 g/mol. The minimum atomic E-state index is 0.668. The molecule has 0 bridgehead atoms. The van der Waals surface area contributed by atoms with E-state index in [2.05, 4.69) is 4.98 Å². The quantitative estimate of drug-likeness (QED) is 0.666. The Morgan fingerprint density at radius 2 is 1.68 bits per heavy atom. The lowest BCUT2D eigenvalue weighted by Gasteiger charge is -2.07. The lowest BCUT2D eigenvalue weighted by atomic mass is 10.1. The molecule has 3 aromatic rings. The number of benzene rings is 2. The highest BCUT2D eigenvalue weighted by Gasteiger charge is 2.07. The smallest absolute Gasteiger partial charge is 0.150 e. The molecule has 0 aliphatic heterocycles. The fourth-order valence-electron chi connectivity index (χ4n) is 2.02. The van der Waals surface area contributed by atoms with Crippen LogP contribution in [0.15, 0.2) is 67.0 Å². The van der Waals surface area contributed by atoms with Crippen molar-refractivity contribution in [3.63, 3.8) is 0 Å². The summed E-state index contributed by atoms with van der Waals surface area (Å²) in [5, 5.41) is 0. The van der Waals surface area contributed by atoms with Gasteiger partial charge in [-0.2, -0.15) is 0 Å². The van der Waals surface area contributed by atoms with Crippen molar-refractivity contribution in [3.8, 4) is 17.1 Å². The maximum Gasteiger partial charge on any atom is 0.150 e. The van der Waals surface area contributed by atoms with Gasteiger partial charge < -0.3 is 0 Å². The first-order chi connectivity index (χ1) is 9.38. The second kappa shape index (κ2) is 4.90. The summed E-state index contributed by atoms with van der Waals surface area (Å²) in [6.45, 7) is 0. The highest BCUT2D eigenvalue weighted by Crippen LogP contribution is 2.21. The molecule has 0 radical (unpaired) electrons. The van der Waals surface area contributed by atoms with Crippen molar-refractivity contribution in [2.45, 2.75) is 0 Å². The summed E-state index contributed by atoms with van der Waals surface area (Å²) >= 11 is 0. The maximum absolute atomic E-state index is 10.7. The Bertz CT molecular complexity index is 684. The molecule has 3 nitrogen and oxygen atoms in total. The zero-order chi connectivity index (χ0) is 13.1. The van der Waals surface area contributed by atoms with Crippen LogP contribution in [0.25, 0.3) is 17.1 Å². The van der Waals surface area contributed by atoms with Crippen LogP contribution in [-0.2, 0) is 0 Å². The Morgan fingerprint density at radius 1 is 0.947 bits per heavy atom. The van der Waals surface area contributed by atoms with E-state index in [0.717, 1.165) is 23.4 Å². The summed E-state index contributed by atoms with van der Waals surface area (Å²) < 4.78 is 2.02. The Morgan fingerprint density at radius 3 is 2.37 bits per heavy atom. The molecule has 0 N–H and O–H groups in total. The van der Waals surface area contributed by atoms with Crippen LogP contribution in [0.4, 0.5) is 0 Å². The van der Waals surface area contributed by atoms with E-state index in [1.807, 2.05) is 53.2 Å². The number of carbonyl (C=O) groups excluding carboxylic acids is 1. The number of imidazole rings is 1. The molecule has 2 aromatic carbocycles. The Balaban J connectivity index is 2.06. The van der Waals surface area contributed by atoms with E-state index in [1.165, 1.54) is 0 Å². The molecule has 0 saturated heterocycles. The van der Waals surface area contributed by atoms with Gasteiger partial charge in [0.25, 0.3) is 0 Å². The number of aldehydes is 1. The molecule has 19 heavy (non-hydrogen) atoms. The summed E-state index contributed by atoms with van der Waals surface area (Å²) in [5.41, 5.74) is 2.72. The summed E-state index contributed by atoms with van der Waals surface area (Å²) in [6.07, 6.45) is 4.54. The Labute approximate surface area is 111 Å². The zero-order valence-corrected chi connectivity index (χ0v) is 10.2. The number of nitrogens with zero attached hydrogens (tertiary/aromatic N) is 2. The van der Waals surface area contributed by atoms with Crippen LogP contribution in [-0.4, -0.2) is 15.8 Å². The van der Waals surface area contributed by atoms with Gasteiger partial charge in [-0.1, -0.05) is 42.5 Å². The molecular formula is C16H12N2O. The highest BCUT2D eigenvalue weighted by molar-refractivity contribution is 5.76. The van der Waals surface area contributed by atoms with Gasteiger partial charge in [0, 0.05) is 29.2 Å². The third-order valence-corrected chi connectivity index (χ3v) is 2.98. The van der Waals surface area contributed by atoms with Crippen LogP contribution in [0.3, 0.4) is 0 Å². The van der Waals surface area contributed by atoms with E-state index in [4.69, 9.17) is 0 Å². The first-order valence-electron chi connectivity index (χ1n) is 6.03. The van der Waals surface area contributed by atoms with Crippen LogP contribution in [0.1, 0.15) is 10.4 Å². The zero-order valence-electron chi connectivity index (χ0n) is 10.2. The minimum absolute atomic E-state index is 0.668. The van der Waals surface area contributed by atoms with Crippen molar-refractivity contribution in [2.75, 3.05) is 0 Å². The van der Waals surface area contributed by atoms with Crippen molar-refractivity contribution >= 4 is 6.29 Å². The van der Waals surface area contributed by atoms with E-state index in [9.17, 15) is 4.79 Å². The number of para-hydroxylation sites is 1. The normalized spacial score (nSPS) is 10.3. The van der Waals surface area contributed by atoms with E-state index in [-0.39, 0.29) is 0 Å². The molecule has 0 unspecified atom stereocenters. The van der Waals surface area contributed by atoms with Crippen LogP contribution >= 0.6 is 0 Å². The molecule has 1 heterocycles. The topological polar surface area (TPSA) is 34.9 Å². The molecule has 0 aliphatic rings. The molecule has 0 fully saturated rings. The maximum atomic E-state index is 10.7. The van der Waals surface area contributed by atoms with Crippen molar-refractivity contribution < 1.29 is 4.79 Å². The first kappa shape index (κ1) is 11.4. The third kappa shape index (κ3) is 2.18. The molecule has 3 rings (SSSR count). The summed E-state index contributed by atoms with van der Waals surface area (Å²) in [4.78, 5) is 15.1. The number of hydrogen-bond acceptors (Lipinski definition) is 2. The van der Waals surface area contributed by atoms with Crippen LogP contribution in [0.2, 0.25) is 0 Å². The van der Waals surface area contributed by atoms with Crippen LogP contribution in [0.5, 0.6) is 0 Å². The molecule has 0 atom stereocenters. The predicted octanol–water partition coefficient (Wildman–Crippen LogP) is 3.35. The van der Waals surface area contributed by atoms with Gasteiger partial charge in [0.15, 0.2) is 0 Å². The van der Waals surface area contributed by atoms with Crippen molar-refractivity contribution in [1.82, 2.24) is 9.55 Å². The predicted molar refractivity (Wildman–Crippen MR) is 74.4 cm³/mol. The minimum Gasteiger partial charge on any atom is -0.300 e. The van der Waals surface area contributed by atoms with Gasteiger partial charge in [0.05, 0.1) is 0 Å². The average molecular weight is 248 g/mol. The SMILES string of the molecule is O=Cc1ccc(-c2nccn2-c2ccccc2)cc1. The first-order valence-corrected chi connectivity index (χ1v) is 6.03. The Hall–Kier alpha value is -2.68. The molecule has 0 amide bonds. The standard InChI is InChI=1S/C16H12N2O/c19-12-13-6-8-14(9-7-13)16-17-10-11-18(16)15-4-2-1-3-5-15/h1-12H. The van der Waals surface area contributed by atoms with Crippen LogP contribution < -0.4 is 0 Å². The van der Waals surface area contributed by atoms with Gasteiger partial charge in [0.2, 0.25) is 0 Å². The van der Waals surface area contributed by atoms with Gasteiger partial charge in [-0.05, 0) is 12.1 Å². The van der Waals surface area contributed by atoms with Gasteiger partial charge in [-0.3, -0.25) is 9.36 Å². The van der Waals surface area contributed by atoms with E-state index >= 15 is 0 Å². The van der Waals surface area contributed by atoms with E-state index in [0.29, 0.717) is 5.56 Å². The molecule has 92 valence electrons. The lowest BCUT2D eigenvalue weighted by Crippen LogP contribution is -1.95. The second-order valence-corrected chi connectivity index (χ2v) is 4.20. The summed E-state index contributed by atoms with van der Waals surface area (Å²) in [5.74, 6) is 0.864. The van der Waals surface area contributed by atoms with Crippen LogP contribution in [0, 0.1) is 0 Å². The van der Waals surface area contributed by atoms with Crippen molar-refractivity contribution in [2.24, 2.45) is 0 Å². The number of aromatic nitrogens is 2. The van der Waals surface area contributed by atoms with Gasteiger partial charge >= 0.3 is 0 Å². The van der Waals surface area contributed by atoms with Gasteiger partial charge in [0.1, 0.15) is 12.1 Å². The lowest BCUT2D eigenvalue weighted by molar-refractivity contribution is 0.112. The van der Waals surface area contributed by atoms with Crippen molar-refractivity contribution in [3.05, 3.63) is 72.6 Å². The van der Waals surface area contributed by atoms with E-state index in [1.54, 1.807) is 18.3 Å². The summed E-state index contributed by atoms with van der Waals surface area (Å²) in [6, 6.07) is 17.5. The molecule has 0 spiro atoms. The van der Waals surface area contributed by atoms with E-state index < -0.39 is 0 Å². The molecule has 0 saturated carbocycles. The Kier molecular flexibility index (Phi) is 2.94. The highest BCUT2D eigenvalue weighted by atomic mass is 16.1. The fraction of sp³-hybridized carbons (Fsp3) is 0. The fourth-order valence-corrected chi connectivity index (χ4v) is 2.02. The molecule has 0 aliphatic carbocycles.